The summed E-state index contributed by atoms with van der Waals surface area (Å²) < 4.78 is 10.5. The minimum atomic E-state index is -0.385. The fraction of sp³-hybridized carbons (Fsp3) is 0.188. The third-order valence-corrected chi connectivity index (χ3v) is 3.96. The number of amides is 2. The largest absolute Gasteiger partial charge is 0.497 e. The van der Waals surface area contributed by atoms with Crippen molar-refractivity contribution in [1.82, 2.24) is 15.5 Å². The van der Waals surface area contributed by atoms with E-state index in [1.807, 2.05) is 41.1 Å². The van der Waals surface area contributed by atoms with Crippen LogP contribution in [-0.2, 0) is 6.42 Å². The van der Waals surface area contributed by atoms with Crippen LogP contribution in [0.4, 0.5) is 10.8 Å². The molecule has 1 aromatic carbocycles. The topological polar surface area (TPSA) is 89.3 Å². The normalized spacial score (nSPS) is 10.4. The molecule has 3 aromatic rings. The number of rotatable bonds is 6. The standard InChI is InChI=1S/C16H16N4O3S/c1-22-13-4-2-11(3-5-13)6-8-17-15(21)18-16-20-19-14(23-16)12-7-9-24-10-12/h2-5,7,9-10H,6,8H2,1H3,(H2,17,18,20,21). The van der Waals surface area contributed by atoms with Crippen LogP contribution in [0.2, 0.25) is 0 Å². The van der Waals surface area contributed by atoms with Gasteiger partial charge in [-0.2, -0.15) is 11.3 Å². The van der Waals surface area contributed by atoms with Crippen molar-refractivity contribution in [2.24, 2.45) is 0 Å². The summed E-state index contributed by atoms with van der Waals surface area (Å²) in [6, 6.07) is 9.26. The Labute approximate surface area is 142 Å². The number of carbonyl (C=O) groups excluding carboxylic acids is 1. The van der Waals surface area contributed by atoms with Crippen LogP contribution in [0.5, 0.6) is 5.75 Å². The van der Waals surface area contributed by atoms with Crippen molar-refractivity contribution in [1.29, 1.82) is 0 Å². The molecule has 2 aromatic heterocycles. The lowest BCUT2D eigenvalue weighted by Crippen LogP contribution is -2.30. The molecule has 2 heterocycles. The molecule has 7 nitrogen and oxygen atoms in total. The molecular weight excluding hydrogens is 328 g/mol. The molecule has 0 atom stereocenters. The fourth-order valence-electron chi connectivity index (χ4n) is 2.03. The van der Waals surface area contributed by atoms with Crippen LogP contribution in [0.25, 0.3) is 11.5 Å². The molecule has 8 heteroatoms. The number of aromatic nitrogens is 2. The Balaban J connectivity index is 1.45. The van der Waals surface area contributed by atoms with Gasteiger partial charge in [0.2, 0.25) is 0 Å². The zero-order valence-electron chi connectivity index (χ0n) is 13.0. The molecule has 0 unspecified atom stereocenters. The van der Waals surface area contributed by atoms with E-state index in [2.05, 4.69) is 20.8 Å². The van der Waals surface area contributed by atoms with E-state index in [0.717, 1.165) is 16.9 Å². The van der Waals surface area contributed by atoms with Gasteiger partial charge >= 0.3 is 12.0 Å². The number of urea groups is 1. The maximum absolute atomic E-state index is 11.8. The Morgan fingerprint density at radius 1 is 1.25 bits per heavy atom. The van der Waals surface area contributed by atoms with Gasteiger partial charge in [-0.15, -0.1) is 5.10 Å². The molecule has 2 amide bonds. The minimum absolute atomic E-state index is 0.0677. The first-order valence-electron chi connectivity index (χ1n) is 7.28. The zero-order chi connectivity index (χ0) is 16.8. The molecule has 0 aliphatic rings. The first kappa shape index (κ1) is 16.0. The number of nitrogens with one attached hydrogen (secondary N) is 2. The van der Waals surface area contributed by atoms with E-state index in [4.69, 9.17) is 9.15 Å². The van der Waals surface area contributed by atoms with Crippen LogP contribution in [0.15, 0.2) is 45.5 Å². The van der Waals surface area contributed by atoms with E-state index in [0.29, 0.717) is 18.9 Å². The van der Waals surface area contributed by atoms with Crippen molar-refractivity contribution < 1.29 is 13.9 Å². The lowest BCUT2D eigenvalue weighted by Gasteiger charge is -2.05. The summed E-state index contributed by atoms with van der Waals surface area (Å²) >= 11 is 1.53. The Kier molecular flexibility index (Phi) is 5.07. The van der Waals surface area contributed by atoms with Gasteiger partial charge in [0, 0.05) is 17.5 Å². The van der Waals surface area contributed by atoms with Crippen molar-refractivity contribution >= 4 is 23.4 Å². The average molecular weight is 344 g/mol. The van der Waals surface area contributed by atoms with E-state index in [1.165, 1.54) is 11.3 Å². The highest BCUT2D eigenvalue weighted by atomic mass is 32.1. The van der Waals surface area contributed by atoms with E-state index in [-0.39, 0.29) is 12.0 Å². The molecule has 0 fully saturated rings. The molecule has 2 N–H and O–H groups in total. The molecule has 0 radical (unpaired) electrons. The third-order valence-electron chi connectivity index (χ3n) is 3.27. The van der Waals surface area contributed by atoms with Crippen molar-refractivity contribution in [3.8, 4) is 17.2 Å². The van der Waals surface area contributed by atoms with Crippen LogP contribution < -0.4 is 15.4 Å². The van der Waals surface area contributed by atoms with Crippen molar-refractivity contribution in [3.05, 3.63) is 46.7 Å². The predicted octanol–water partition coefficient (Wildman–Crippen LogP) is 3.17. The highest BCUT2D eigenvalue weighted by Gasteiger charge is 2.11. The second-order valence-corrected chi connectivity index (χ2v) is 5.68. The molecule has 0 saturated carbocycles. The number of ether oxygens (including phenoxy) is 1. The fourth-order valence-corrected chi connectivity index (χ4v) is 2.66. The van der Waals surface area contributed by atoms with Crippen molar-refractivity contribution in [2.45, 2.75) is 6.42 Å². The summed E-state index contributed by atoms with van der Waals surface area (Å²) in [5.74, 6) is 1.19. The first-order chi connectivity index (χ1) is 11.7. The van der Waals surface area contributed by atoms with E-state index >= 15 is 0 Å². The van der Waals surface area contributed by atoms with Gasteiger partial charge in [0.25, 0.3) is 5.89 Å². The number of methoxy groups -OCH3 is 1. The Hall–Kier alpha value is -2.87. The SMILES string of the molecule is COc1ccc(CCNC(=O)Nc2nnc(-c3ccsc3)o2)cc1. The van der Waals surface area contributed by atoms with Crippen LogP contribution in [-0.4, -0.2) is 29.9 Å². The maximum Gasteiger partial charge on any atom is 0.324 e. The van der Waals surface area contributed by atoms with Crippen molar-refractivity contribution in [3.63, 3.8) is 0 Å². The summed E-state index contributed by atoms with van der Waals surface area (Å²) in [5.41, 5.74) is 1.94. The van der Waals surface area contributed by atoms with Crippen LogP contribution in [0.3, 0.4) is 0 Å². The van der Waals surface area contributed by atoms with Gasteiger partial charge in [-0.1, -0.05) is 17.2 Å². The number of hydrogen-bond donors (Lipinski definition) is 2. The summed E-state index contributed by atoms with van der Waals surface area (Å²) in [5, 5.41) is 16.8. The highest BCUT2D eigenvalue weighted by molar-refractivity contribution is 7.08. The second-order valence-electron chi connectivity index (χ2n) is 4.90. The predicted molar refractivity (Wildman–Crippen MR) is 91.3 cm³/mol. The molecule has 0 aliphatic heterocycles. The van der Waals surface area contributed by atoms with Gasteiger partial charge in [0.15, 0.2) is 0 Å². The van der Waals surface area contributed by atoms with Gasteiger partial charge in [-0.25, -0.2) is 4.79 Å². The zero-order valence-corrected chi connectivity index (χ0v) is 13.8. The summed E-state index contributed by atoms with van der Waals surface area (Å²) in [6.07, 6.45) is 0.710. The minimum Gasteiger partial charge on any atom is -0.497 e. The van der Waals surface area contributed by atoms with E-state index in [1.54, 1.807) is 7.11 Å². The molecule has 0 bridgehead atoms. The lowest BCUT2D eigenvalue weighted by molar-refractivity contribution is 0.251. The molecule has 0 aliphatic carbocycles. The number of anilines is 1. The smallest absolute Gasteiger partial charge is 0.324 e. The number of thiophene rings is 1. The Morgan fingerprint density at radius 2 is 2.08 bits per heavy atom. The van der Waals surface area contributed by atoms with Crippen LogP contribution >= 0.6 is 11.3 Å². The van der Waals surface area contributed by atoms with Crippen LogP contribution in [0, 0.1) is 0 Å². The maximum atomic E-state index is 11.8. The van der Waals surface area contributed by atoms with Gasteiger partial charge in [-0.3, -0.25) is 5.32 Å². The number of benzene rings is 1. The molecule has 3 rings (SSSR count). The highest BCUT2D eigenvalue weighted by Crippen LogP contribution is 2.21. The molecule has 24 heavy (non-hydrogen) atoms. The van der Waals surface area contributed by atoms with Gasteiger partial charge in [0.1, 0.15) is 5.75 Å². The molecule has 124 valence electrons. The summed E-state index contributed by atoms with van der Waals surface area (Å²) in [6.45, 7) is 0.490. The summed E-state index contributed by atoms with van der Waals surface area (Å²) in [7, 11) is 1.63. The lowest BCUT2D eigenvalue weighted by atomic mass is 10.1. The van der Waals surface area contributed by atoms with Crippen LogP contribution in [0.1, 0.15) is 5.56 Å². The number of carbonyl (C=O) groups is 1. The monoisotopic (exact) mass is 344 g/mol. The molecular formula is C16H16N4O3S. The number of nitrogens with zero attached hydrogens (tertiary/aromatic N) is 2. The Bertz CT molecular complexity index is 784. The second kappa shape index (κ2) is 7.60. The van der Waals surface area contributed by atoms with Gasteiger partial charge in [0.05, 0.1) is 7.11 Å². The van der Waals surface area contributed by atoms with E-state index < -0.39 is 0 Å². The summed E-state index contributed by atoms with van der Waals surface area (Å²) in [4.78, 5) is 11.8. The Morgan fingerprint density at radius 3 is 2.79 bits per heavy atom. The van der Waals surface area contributed by atoms with Gasteiger partial charge in [-0.05, 0) is 35.6 Å². The van der Waals surface area contributed by atoms with E-state index in [9.17, 15) is 4.79 Å². The average Bonchev–Trinajstić information content (AvgIpc) is 3.27. The van der Waals surface area contributed by atoms with Gasteiger partial charge < -0.3 is 14.5 Å². The van der Waals surface area contributed by atoms with Crippen molar-refractivity contribution in [2.75, 3.05) is 19.0 Å². The molecule has 0 spiro atoms. The molecule has 0 saturated heterocycles. The third kappa shape index (κ3) is 4.11. The first-order valence-corrected chi connectivity index (χ1v) is 8.23. The quantitative estimate of drug-likeness (QED) is 0.717. The number of hydrogen-bond acceptors (Lipinski definition) is 6.